The number of amides is 2. The Morgan fingerprint density at radius 3 is 2.11 bits per heavy atom. The standard InChI is InChI=1S/C20H21N5O3/c1-14(25-13-21-12-22-25)19(26)23-16-8-10-17(11-9-16)24-20(27)15(2)28-18-6-4-3-5-7-18/h3-15H,1-2H3,(H,23,26)(H,24,27)/t14-,15-/m0/s1. The van der Waals surface area contributed by atoms with Gasteiger partial charge in [-0.2, -0.15) is 5.10 Å². The lowest BCUT2D eigenvalue weighted by molar-refractivity contribution is -0.122. The summed E-state index contributed by atoms with van der Waals surface area (Å²) in [6.45, 7) is 3.41. The van der Waals surface area contributed by atoms with Crippen LogP contribution in [0.5, 0.6) is 5.75 Å². The van der Waals surface area contributed by atoms with Crippen molar-refractivity contribution in [2.45, 2.75) is 26.0 Å². The fourth-order valence-electron chi connectivity index (χ4n) is 2.42. The minimum atomic E-state index is -0.648. The van der Waals surface area contributed by atoms with E-state index in [4.69, 9.17) is 4.74 Å². The van der Waals surface area contributed by atoms with Crippen molar-refractivity contribution in [1.82, 2.24) is 14.8 Å². The molecule has 0 aliphatic heterocycles. The van der Waals surface area contributed by atoms with Crippen LogP contribution in [-0.2, 0) is 9.59 Å². The van der Waals surface area contributed by atoms with E-state index >= 15 is 0 Å². The van der Waals surface area contributed by atoms with Gasteiger partial charge in [-0.3, -0.25) is 9.59 Å². The van der Waals surface area contributed by atoms with Crippen LogP contribution < -0.4 is 15.4 Å². The zero-order chi connectivity index (χ0) is 19.9. The van der Waals surface area contributed by atoms with E-state index in [9.17, 15) is 9.59 Å². The summed E-state index contributed by atoms with van der Waals surface area (Å²) < 4.78 is 7.07. The van der Waals surface area contributed by atoms with E-state index in [0.717, 1.165) is 0 Å². The Labute approximate surface area is 162 Å². The van der Waals surface area contributed by atoms with Gasteiger partial charge in [0.1, 0.15) is 24.4 Å². The molecule has 144 valence electrons. The van der Waals surface area contributed by atoms with Crippen molar-refractivity contribution in [3.8, 4) is 5.75 Å². The third kappa shape index (κ3) is 4.94. The highest BCUT2D eigenvalue weighted by molar-refractivity contribution is 5.95. The molecular formula is C20H21N5O3. The number of anilines is 2. The molecule has 1 heterocycles. The smallest absolute Gasteiger partial charge is 0.265 e. The van der Waals surface area contributed by atoms with E-state index < -0.39 is 12.1 Å². The van der Waals surface area contributed by atoms with Crippen LogP contribution in [0, 0.1) is 0 Å². The van der Waals surface area contributed by atoms with E-state index in [2.05, 4.69) is 20.7 Å². The molecule has 8 nitrogen and oxygen atoms in total. The quantitative estimate of drug-likeness (QED) is 0.658. The first-order chi connectivity index (χ1) is 13.5. The normalized spacial score (nSPS) is 12.6. The summed E-state index contributed by atoms with van der Waals surface area (Å²) in [7, 11) is 0. The second-order valence-electron chi connectivity index (χ2n) is 6.18. The summed E-state index contributed by atoms with van der Waals surface area (Å²) in [6, 6.07) is 15.5. The first kappa shape index (κ1) is 19.1. The van der Waals surface area contributed by atoms with Gasteiger partial charge in [0.05, 0.1) is 0 Å². The molecule has 0 unspecified atom stereocenters. The third-order valence-electron chi connectivity index (χ3n) is 4.06. The summed E-state index contributed by atoms with van der Waals surface area (Å²) in [5.41, 5.74) is 1.22. The number of aromatic nitrogens is 3. The minimum Gasteiger partial charge on any atom is -0.481 e. The summed E-state index contributed by atoms with van der Waals surface area (Å²) in [5, 5.41) is 9.55. The van der Waals surface area contributed by atoms with Crippen LogP contribution >= 0.6 is 0 Å². The van der Waals surface area contributed by atoms with Crippen LogP contribution in [0.25, 0.3) is 0 Å². The van der Waals surface area contributed by atoms with Gasteiger partial charge >= 0.3 is 0 Å². The molecule has 0 aliphatic carbocycles. The largest absolute Gasteiger partial charge is 0.481 e. The van der Waals surface area contributed by atoms with Crippen molar-refractivity contribution in [3.05, 3.63) is 67.3 Å². The molecule has 0 aliphatic rings. The molecule has 8 heteroatoms. The minimum absolute atomic E-state index is 0.216. The predicted molar refractivity (Wildman–Crippen MR) is 105 cm³/mol. The van der Waals surface area contributed by atoms with Gasteiger partial charge in [-0.25, -0.2) is 9.67 Å². The molecule has 0 radical (unpaired) electrons. The highest BCUT2D eigenvalue weighted by atomic mass is 16.5. The van der Waals surface area contributed by atoms with Crippen molar-refractivity contribution in [1.29, 1.82) is 0 Å². The molecule has 0 saturated carbocycles. The second kappa shape index (κ2) is 8.81. The SMILES string of the molecule is C[C@H](Oc1ccccc1)C(=O)Nc1ccc(NC(=O)[C@H](C)n2cncn2)cc1. The van der Waals surface area contributed by atoms with Gasteiger partial charge in [0.2, 0.25) is 5.91 Å². The van der Waals surface area contributed by atoms with E-state index in [1.165, 1.54) is 17.3 Å². The third-order valence-corrected chi connectivity index (χ3v) is 4.06. The second-order valence-corrected chi connectivity index (χ2v) is 6.18. The highest BCUT2D eigenvalue weighted by Gasteiger charge is 2.16. The summed E-state index contributed by atoms with van der Waals surface area (Å²) in [5.74, 6) is 0.150. The van der Waals surface area contributed by atoms with E-state index in [-0.39, 0.29) is 11.8 Å². The molecule has 3 rings (SSSR count). The Morgan fingerprint density at radius 1 is 0.929 bits per heavy atom. The van der Waals surface area contributed by atoms with Crippen LogP contribution in [-0.4, -0.2) is 32.7 Å². The van der Waals surface area contributed by atoms with Crippen molar-refractivity contribution in [3.63, 3.8) is 0 Å². The van der Waals surface area contributed by atoms with Crippen LogP contribution in [0.15, 0.2) is 67.3 Å². The highest BCUT2D eigenvalue weighted by Crippen LogP contribution is 2.17. The van der Waals surface area contributed by atoms with Crippen LogP contribution in [0.2, 0.25) is 0 Å². The zero-order valence-corrected chi connectivity index (χ0v) is 15.6. The molecule has 28 heavy (non-hydrogen) atoms. The molecule has 2 N–H and O–H groups in total. The Morgan fingerprint density at radius 2 is 1.54 bits per heavy atom. The number of carbonyl (C=O) groups is 2. The molecule has 2 amide bonds. The van der Waals surface area contributed by atoms with Gasteiger partial charge < -0.3 is 15.4 Å². The number of rotatable bonds is 7. The number of nitrogens with one attached hydrogen (secondary N) is 2. The molecule has 2 aromatic carbocycles. The van der Waals surface area contributed by atoms with Crippen molar-refractivity contribution < 1.29 is 14.3 Å². The molecule has 0 fully saturated rings. The first-order valence-electron chi connectivity index (χ1n) is 8.80. The fourth-order valence-corrected chi connectivity index (χ4v) is 2.42. The summed E-state index contributed by atoms with van der Waals surface area (Å²) in [6.07, 6.45) is 2.22. The Kier molecular flexibility index (Phi) is 6.01. The Balaban J connectivity index is 1.53. The maximum atomic E-state index is 12.3. The molecular weight excluding hydrogens is 358 g/mol. The summed E-state index contributed by atoms with van der Waals surface area (Å²) in [4.78, 5) is 28.4. The zero-order valence-electron chi connectivity index (χ0n) is 15.6. The molecule has 3 aromatic rings. The topological polar surface area (TPSA) is 98.1 Å². The van der Waals surface area contributed by atoms with Gasteiger partial charge in [0.25, 0.3) is 5.91 Å². The number of nitrogens with zero attached hydrogens (tertiary/aromatic N) is 3. The van der Waals surface area contributed by atoms with Crippen molar-refractivity contribution in [2.24, 2.45) is 0 Å². The van der Waals surface area contributed by atoms with Gasteiger partial charge in [0.15, 0.2) is 6.10 Å². The molecule has 2 atom stereocenters. The van der Waals surface area contributed by atoms with Crippen LogP contribution in [0.4, 0.5) is 11.4 Å². The van der Waals surface area contributed by atoms with Crippen LogP contribution in [0.1, 0.15) is 19.9 Å². The first-order valence-corrected chi connectivity index (χ1v) is 8.80. The van der Waals surface area contributed by atoms with E-state index in [0.29, 0.717) is 17.1 Å². The lowest BCUT2D eigenvalue weighted by Gasteiger charge is -2.15. The van der Waals surface area contributed by atoms with Gasteiger partial charge in [-0.1, -0.05) is 18.2 Å². The Hall–Kier alpha value is -3.68. The molecule has 0 bridgehead atoms. The average Bonchev–Trinajstić information content (AvgIpc) is 3.24. The number of ether oxygens (including phenoxy) is 1. The average molecular weight is 379 g/mol. The maximum absolute atomic E-state index is 12.3. The molecule has 0 saturated heterocycles. The van der Waals surface area contributed by atoms with Crippen LogP contribution in [0.3, 0.4) is 0 Å². The van der Waals surface area contributed by atoms with E-state index in [1.54, 1.807) is 50.2 Å². The van der Waals surface area contributed by atoms with Crippen molar-refractivity contribution in [2.75, 3.05) is 10.6 Å². The van der Waals surface area contributed by atoms with Gasteiger partial charge in [0, 0.05) is 11.4 Å². The monoisotopic (exact) mass is 379 g/mol. The fraction of sp³-hybridized carbons (Fsp3) is 0.200. The number of hydrogen-bond donors (Lipinski definition) is 2. The number of hydrogen-bond acceptors (Lipinski definition) is 5. The number of para-hydroxylation sites is 1. The van der Waals surface area contributed by atoms with Gasteiger partial charge in [-0.15, -0.1) is 0 Å². The van der Waals surface area contributed by atoms with Gasteiger partial charge in [-0.05, 0) is 50.2 Å². The summed E-state index contributed by atoms with van der Waals surface area (Å²) >= 11 is 0. The van der Waals surface area contributed by atoms with E-state index in [1.807, 2.05) is 18.2 Å². The maximum Gasteiger partial charge on any atom is 0.265 e. The lowest BCUT2D eigenvalue weighted by Crippen LogP contribution is -2.30. The number of benzene rings is 2. The number of carbonyl (C=O) groups excluding carboxylic acids is 2. The Bertz CT molecular complexity index is 911. The lowest BCUT2D eigenvalue weighted by atomic mass is 10.2. The predicted octanol–water partition coefficient (Wildman–Crippen LogP) is 2.88. The molecule has 1 aromatic heterocycles. The molecule has 0 spiro atoms. The van der Waals surface area contributed by atoms with Crippen molar-refractivity contribution >= 4 is 23.2 Å².